The molecule has 18 heavy (non-hydrogen) atoms. The first-order valence-electron chi connectivity index (χ1n) is 7.55. The third-order valence-corrected chi connectivity index (χ3v) is 3.49. The molecule has 3 nitrogen and oxygen atoms in total. The van der Waals surface area contributed by atoms with Gasteiger partial charge in [-0.3, -0.25) is 0 Å². The summed E-state index contributed by atoms with van der Waals surface area (Å²) in [5.74, 6) is 2.21. The van der Waals surface area contributed by atoms with Gasteiger partial charge in [-0.25, -0.2) is 0 Å². The van der Waals surface area contributed by atoms with E-state index in [1.54, 1.807) is 0 Å². The summed E-state index contributed by atoms with van der Waals surface area (Å²) >= 11 is 0. The standard InChI is InChI=1S/C15H32N2O/c1-13(2)8-16-9-14(3)10-17(4)11-15-6-5-7-18-12-15/h13-16H,5-12H2,1-4H3. The Morgan fingerprint density at radius 3 is 2.67 bits per heavy atom. The second-order valence-corrected chi connectivity index (χ2v) is 6.46. The highest BCUT2D eigenvalue weighted by atomic mass is 16.5. The van der Waals surface area contributed by atoms with E-state index in [0.29, 0.717) is 0 Å². The van der Waals surface area contributed by atoms with Gasteiger partial charge in [-0.1, -0.05) is 20.8 Å². The Labute approximate surface area is 113 Å². The zero-order chi connectivity index (χ0) is 13.4. The Hall–Kier alpha value is -0.120. The summed E-state index contributed by atoms with van der Waals surface area (Å²) in [4.78, 5) is 2.47. The van der Waals surface area contributed by atoms with Gasteiger partial charge in [0.2, 0.25) is 0 Å². The molecule has 1 saturated heterocycles. The minimum Gasteiger partial charge on any atom is -0.381 e. The number of nitrogens with one attached hydrogen (secondary N) is 1. The van der Waals surface area contributed by atoms with Crippen LogP contribution in [-0.4, -0.2) is 51.3 Å². The van der Waals surface area contributed by atoms with Gasteiger partial charge in [0.15, 0.2) is 0 Å². The molecular weight excluding hydrogens is 224 g/mol. The van der Waals surface area contributed by atoms with Crippen LogP contribution in [0.5, 0.6) is 0 Å². The van der Waals surface area contributed by atoms with Crippen molar-refractivity contribution in [3.63, 3.8) is 0 Å². The van der Waals surface area contributed by atoms with Crippen molar-refractivity contribution >= 4 is 0 Å². The van der Waals surface area contributed by atoms with Crippen molar-refractivity contribution in [2.24, 2.45) is 17.8 Å². The summed E-state index contributed by atoms with van der Waals surface area (Å²) in [5.41, 5.74) is 0. The van der Waals surface area contributed by atoms with E-state index >= 15 is 0 Å². The number of hydrogen-bond donors (Lipinski definition) is 1. The van der Waals surface area contributed by atoms with Crippen molar-refractivity contribution in [2.45, 2.75) is 33.6 Å². The van der Waals surface area contributed by atoms with Crippen LogP contribution in [0.25, 0.3) is 0 Å². The van der Waals surface area contributed by atoms with Crippen LogP contribution >= 0.6 is 0 Å². The second kappa shape index (κ2) is 8.89. The molecule has 0 saturated carbocycles. The second-order valence-electron chi connectivity index (χ2n) is 6.46. The first-order chi connectivity index (χ1) is 8.58. The SMILES string of the molecule is CC(C)CNCC(C)CN(C)CC1CCCOC1. The predicted molar refractivity (Wildman–Crippen MR) is 77.9 cm³/mol. The van der Waals surface area contributed by atoms with Crippen LogP contribution in [0.15, 0.2) is 0 Å². The summed E-state index contributed by atoms with van der Waals surface area (Å²) in [7, 11) is 2.24. The van der Waals surface area contributed by atoms with Gasteiger partial charge >= 0.3 is 0 Å². The van der Waals surface area contributed by atoms with Crippen molar-refractivity contribution in [3.8, 4) is 0 Å². The van der Waals surface area contributed by atoms with Gasteiger partial charge < -0.3 is 15.0 Å². The average molecular weight is 256 g/mol. The fourth-order valence-corrected chi connectivity index (χ4v) is 2.68. The van der Waals surface area contributed by atoms with Crippen LogP contribution in [0.1, 0.15) is 33.6 Å². The summed E-state index contributed by atoms with van der Waals surface area (Å²) in [6.07, 6.45) is 2.58. The Kier molecular flexibility index (Phi) is 7.87. The molecule has 0 bridgehead atoms. The molecule has 108 valence electrons. The number of rotatable bonds is 8. The molecule has 0 spiro atoms. The maximum atomic E-state index is 5.54. The Morgan fingerprint density at radius 2 is 2.06 bits per heavy atom. The molecule has 1 rings (SSSR count). The van der Waals surface area contributed by atoms with Gasteiger partial charge in [0.05, 0.1) is 6.61 Å². The van der Waals surface area contributed by atoms with Gasteiger partial charge in [-0.15, -0.1) is 0 Å². The molecule has 3 heteroatoms. The molecule has 1 N–H and O–H groups in total. The molecule has 0 aromatic heterocycles. The molecule has 0 aromatic rings. The third-order valence-electron chi connectivity index (χ3n) is 3.49. The lowest BCUT2D eigenvalue weighted by atomic mass is 10.0. The van der Waals surface area contributed by atoms with Crippen molar-refractivity contribution in [1.29, 1.82) is 0 Å². The molecule has 0 aliphatic carbocycles. The molecule has 1 aliphatic rings. The van der Waals surface area contributed by atoms with Gasteiger partial charge in [-0.2, -0.15) is 0 Å². The van der Waals surface area contributed by atoms with E-state index in [1.165, 1.54) is 25.9 Å². The smallest absolute Gasteiger partial charge is 0.0506 e. The molecule has 0 aromatic carbocycles. The normalized spacial score (nSPS) is 22.7. The quantitative estimate of drug-likeness (QED) is 0.721. The summed E-state index contributed by atoms with van der Waals surface area (Å²) < 4.78 is 5.54. The predicted octanol–water partition coefficient (Wildman–Crippen LogP) is 2.23. The van der Waals surface area contributed by atoms with E-state index in [4.69, 9.17) is 4.74 Å². The molecule has 1 aliphatic heterocycles. The molecule has 1 heterocycles. The lowest BCUT2D eigenvalue weighted by molar-refractivity contribution is 0.0405. The van der Waals surface area contributed by atoms with Crippen LogP contribution in [0.2, 0.25) is 0 Å². The van der Waals surface area contributed by atoms with Crippen LogP contribution in [0.3, 0.4) is 0 Å². The highest BCUT2D eigenvalue weighted by Gasteiger charge is 2.16. The zero-order valence-electron chi connectivity index (χ0n) is 12.7. The maximum Gasteiger partial charge on any atom is 0.0506 e. The minimum atomic E-state index is 0.721. The van der Waals surface area contributed by atoms with Gasteiger partial charge in [0, 0.05) is 19.7 Å². The Morgan fingerprint density at radius 1 is 1.28 bits per heavy atom. The van der Waals surface area contributed by atoms with Gasteiger partial charge in [-0.05, 0) is 50.7 Å². The molecule has 2 unspecified atom stereocenters. The highest BCUT2D eigenvalue weighted by molar-refractivity contribution is 4.69. The Bertz CT molecular complexity index is 203. The summed E-state index contributed by atoms with van der Waals surface area (Å²) in [6.45, 7) is 13.4. The topological polar surface area (TPSA) is 24.5 Å². The van der Waals surface area contributed by atoms with Crippen LogP contribution in [-0.2, 0) is 4.74 Å². The summed E-state index contributed by atoms with van der Waals surface area (Å²) in [5, 5.41) is 3.54. The average Bonchev–Trinajstić information content (AvgIpc) is 2.29. The van der Waals surface area contributed by atoms with Crippen LogP contribution < -0.4 is 5.32 Å². The van der Waals surface area contributed by atoms with E-state index < -0.39 is 0 Å². The van der Waals surface area contributed by atoms with E-state index in [1.807, 2.05) is 0 Å². The summed E-state index contributed by atoms with van der Waals surface area (Å²) in [6, 6.07) is 0. The molecular formula is C15H32N2O. The first-order valence-corrected chi connectivity index (χ1v) is 7.55. The van der Waals surface area contributed by atoms with Crippen LogP contribution in [0.4, 0.5) is 0 Å². The Balaban J connectivity index is 2.08. The van der Waals surface area contributed by atoms with Gasteiger partial charge in [0.1, 0.15) is 0 Å². The largest absolute Gasteiger partial charge is 0.381 e. The number of hydrogen-bond acceptors (Lipinski definition) is 3. The minimum absolute atomic E-state index is 0.721. The van der Waals surface area contributed by atoms with Gasteiger partial charge in [0.25, 0.3) is 0 Å². The highest BCUT2D eigenvalue weighted by Crippen LogP contribution is 2.14. The molecule has 2 atom stereocenters. The van der Waals surface area contributed by atoms with E-state index in [9.17, 15) is 0 Å². The van der Waals surface area contributed by atoms with Crippen molar-refractivity contribution in [1.82, 2.24) is 10.2 Å². The van der Waals surface area contributed by atoms with Crippen LogP contribution in [0, 0.1) is 17.8 Å². The number of nitrogens with zero attached hydrogens (tertiary/aromatic N) is 1. The molecule has 1 fully saturated rings. The van der Waals surface area contributed by atoms with E-state index in [-0.39, 0.29) is 0 Å². The monoisotopic (exact) mass is 256 g/mol. The zero-order valence-corrected chi connectivity index (χ0v) is 12.7. The lowest BCUT2D eigenvalue weighted by Gasteiger charge is -2.28. The fraction of sp³-hybridized carbons (Fsp3) is 1.00. The molecule has 0 amide bonds. The third kappa shape index (κ3) is 7.34. The molecule has 0 radical (unpaired) electrons. The lowest BCUT2D eigenvalue weighted by Crippen LogP contribution is -2.36. The number of ether oxygens (including phenoxy) is 1. The fourth-order valence-electron chi connectivity index (χ4n) is 2.68. The maximum absolute atomic E-state index is 5.54. The van der Waals surface area contributed by atoms with Crippen molar-refractivity contribution < 1.29 is 4.74 Å². The van der Waals surface area contributed by atoms with E-state index in [0.717, 1.165) is 44.1 Å². The van der Waals surface area contributed by atoms with E-state index in [2.05, 4.69) is 38.0 Å². The van der Waals surface area contributed by atoms with Crippen molar-refractivity contribution in [3.05, 3.63) is 0 Å². The first kappa shape index (κ1) is 15.9. The van der Waals surface area contributed by atoms with Crippen molar-refractivity contribution in [2.75, 3.05) is 46.4 Å².